The van der Waals surface area contributed by atoms with E-state index < -0.39 is 0 Å². The summed E-state index contributed by atoms with van der Waals surface area (Å²) >= 11 is 0. The van der Waals surface area contributed by atoms with Gasteiger partial charge in [0.25, 0.3) is 0 Å². The van der Waals surface area contributed by atoms with Gasteiger partial charge in [-0.1, -0.05) is 32.9 Å². The minimum absolute atomic E-state index is 0.239. The lowest BCUT2D eigenvalue weighted by Crippen LogP contribution is -2.29. The molecule has 19 heavy (non-hydrogen) atoms. The Morgan fingerprint density at radius 2 is 2.16 bits per heavy atom. The van der Waals surface area contributed by atoms with Crippen molar-refractivity contribution in [1.82, 2.24) is 5.32 Å². The summed E-state index contributed by atoms with van der Waals surface area (Å²) in [6.07, 6.45) is 3.68. The fourth-order valence-corrected chi connectivity index (χ4v) is 2.80. The number of hydrogen-bond acceptors (Lipinski definition) is 2. The fraction of sp³-hybridized carbons (Fsp3) is 0.647. The SMILES string of the molecule is CCC(C)(C)c1ccc(OC)c(C2CCCNC2)c1. The summed E-state index contributed by atoms with van der Waals surface area (Å²) in [5.74, 6) is 1.64. The van der Waals surface area contributed by atoms with Gasteiger partial charge in [0.15, 0.2) is 0 Å². The highest BCUT2D eigenvalue weighted by Crippen LogP contribution is 2.36. The van der Waals surface area contributed by atoms with Crippen LogP contribution in [0.15, 0.2) is 18.2 Å². The normalized spacial score (nSPS) is 20.3. The van der Waals surface area contributed by atoms with Crippen LogP contribution in [-0.4, -0.2) is 20.2 Å². The summed E-state index contributed by atoms with van der Waals surface area (Å²) in [6, 6.07) is 6.75. The first-order valence-corrected chi connectivity index (χ1v) is 7.47. The van der Waals surface area contributed by atoms with Gasteiger partial charge in [-0.25, -0.2) is 0 Å². The molecule has 1 fully saturated rings. The second-order valence-corrected chi connectivity index (χ2v) is 6.24. The minimum atomic E-state index is 0.239. The molecule has 2 rings (SSSR count). The van der Waals surface area contributed by atoms with E-state index in [1.54, 1.807) is 7.11 Å². The zero-order valence-electron chi connectivity index (χ0n) is 12.8. The van der Waals surface area contributed by atoms with Crippen LogP contribution < -0.4 is 10.1 Å². The van der Waals surface area contributed by atoms with E-state index in [1.165, 1.54) is 24.0 Å². The number of methoxy groups -OCH3 is 1. The highest BCUT2D eigenvalue weighted by molar-refractivity contribution is 5.42. The molecule has 2 heteroatoms. The van der Waals surface area contributed by atoms with Gasteiger partial charge in [-0.2, -0.15) is 0 Å². The Balaban J connectivity index is 2.36. The molecule has 1 unspecified atom stereocenters. The summed E-state index contributed by atoms with van der Waals surface area (Å²) in [5, 5.41) is 3.50. The Labute approximate surface area is 117 Å². The molecule has 0 aromatic heterocycles. The van der Waals surface area contributed by atoms with Crippen LogP contribution in [0.3, 0.4) is 0 Å². The maximum Gasteiger partial charge on any atom is 0.122 e. The number of nitrogens with one attached hydrogen (secondary N) is 1. The van der Waals surface area contributed by atoms with Gasteiger partial charge in [-0.15, -0.1) is 0 Å². The van der Waals surface area contributed by atoms with Crippen molar-refractivity contribution in [2.24, 2.45) is 0 Å². The summed E-state index contributed by atoms with van der Waals surface area (Å²) in [6.45, 7) is 9.12. The maximum atomic E-state index is 5.57. The van der Waals surface area contributed by atoms with Crippen LogP contribution in [0.2, 0.25) is 0 Å². The molecule has 1 aromatic rings. The standard InChI is InChI=1S/C17H27NO/c1-5-17(2,3)14-8-9-16(19-4)15(11-14)13-7-6-10-18-12-13/h8-9,11,13,18H,5-7,10,12H2,1-4H3. The first-order chi connectivity index (χ1) is 9.08. The predicted octanol–water partition coefficient (Wildman–Crippen LogP) is 3.85. The molecular formula is C17H27NO. The lowest BCUT2D eigenvalue weighted by Gasteiger charge is -2.28. The van der Waals surface area contributed by atoms with Gasteiger partial charge in [-0.05, 0) is 48.4 Å². The molecule has 1 aliphatic rings. The molecule has 1 saturated heterocycles. The van der Waals surface area contributed by atoms with Crippen LogP contribution in [0, 0.1) is 0 Å². The fourth-order valence-electron chi connectivity index (χ4n) is 2.80. The monoisotopic (exact) mass is 261 g/mol. The van der Waals surface area contributed by atoms with E-state index in [2.05, 4.69) is 44.3 Å². The van der Waals surface area contributed by atoms with Gasteiger partial charge in [0.2, 0.25) is 0 Å². The first-order valence-electron chi connectivity index (χ1n) is 7.47. The number of benzene rings is 1. The van der Waals surface area contributed by atoms with Crippen LogP contribution in [-0.2, 0) is 5.41 Å². The molecule has 1 atom stereocenters. The van der Waals surface area contributed by atoms with Gasteiger partial charge >= 0.3 is 0 Å². The van der Waals surface area contributed by atoms with Crippen LogP contribution in [0.1, 0.15) is 57.1 Å². The molecule has 106 valence electrons. The van der Waals surface area contributed by atoms with Crippen LogP contribution in [0.5, 0.6) is 5.75 Å². The molecule has 1 aliphatic heterocycles. The molecule has 0 spiro atoms. The Kier molecular flexibility index (Phi) is 4.51. The second-order valence-electron chi connectivity index (χ2n) is 6.24. The van der Waals surface area contributed by atoms with Gasteiger partial charge in [0.05, 0.1) is 7.11 Å². The van der Waals surface area contributed by atoms with Gasteiger partial charge in [0, 0.05) is 12.5 Å². The van der Waals surface area contributed by atoms with E-state index in [0.29, 0.717) is 5.92 Å². The van der Waals surface area contributed by atoms with Crippen molar-refractivity contribution in [2.45, 2.75) is 51.4 Å². The summed E-state index contributed by atoms with van der Waals surface area (Å²) in [5.41, 5.74) is 3.05. The van der Waals surface area contributed by atoms with Crippen molar-refractivity contribution in [3.8, 4) is 5.75 Å². The van der Waals surface area contributed by atoms with Crippen LogP contribution >= 0.6 is 0 Å². The van der Waals surface area contributed by atoms with Crippen molar-refractivity contribution < 1.29 is 4.74 Å². The van der Waals surface area contributed by atoms with Crippen molar-refractivity contribution in [2.75, 3.05) is 20.2 Å². The van der Waals surface area contributed by atoms with Gasteiger partial charge in [-0.3, -0.25) is 0 Å². The Bertz CT molecular complexity index is 419. The lowest BCUT2D eigenvalue weighted by molar-refractivity contribution is 0.390. The Hall–Kier alpha value is -1.02. The van der Waals surface area contributed by atoms with Crippen molar-refractivity contribution in [3.63, 3.8) is 0 Å². The zero-order valence-corrected chi connectivity index (χ0v) is 12.8. The summed E-state index contributed by atoms with van der Waals surface area (Å²) < 4.78 is 5.57. The van der Waals surface area contributed by atoms with E-state index in [-0.39, 0.29) is 5.41 Å². The largest absolute Gasteiger partial charge is 0.496 e. The Morgan fingerprint density at radius 3 is 2.74 bits per heavy atom. The van der Waals surface area contributed by atoms with Crippen molar-refractivity contribution in [1.29, 1.82) is 0 Å². The molecule has 0 aliphatic carbocycles. The summed E-state index contributed by atoms with van der Waals surface area (Å²) in [7, 11) is 1.78. The molecule has 0 radical (unpaired) electrons. The smallest absolute Gasteiger partial charge is 0.122 e. The van der Waals surface area contributed by atoms with Crippen LogP contribution in [0.4, 0.5) is 0 Å². The second kappa shape index (κ2) is 5.96. The van der Waals surface area contributed by atoms with E-state index in [4.69, 9.17) is 4.74 Å². The average Bonchev–Trinajstić information content (AvgIpc) is 2.47. The third kappa shape index (κ3) is 3.11. The number of rotatable bonds is 4. The highest BCUT2D eigenvalue weighted by atomic mass is 16.5. The molecule has 0 amide bonds. The van der Waals surface area contributed by atoms with E-state index >= 15 is 0 Å². The molecule has 0 bridgehead atoms. The predicted molar refractivity (Wildman–Crippen MR) is 81.2 cm³/mol. The topological polar surface area (TPSA) is 21.3 Å². The van der Waals surface area contributed by atoms with Gasteiger partial charge in [0.1, 0.15) is 5.75 Å². The first kappa shape index (κ1) is 14.4. The highest BCUT2D eigenvalue weighted by Gasteiger charge is 2.23. The number of hydrogen-bond donors (Lipinski definition) is 1. The third-order valence-corrected chi connectivity index (χ3v) is 4.63. The number of ether oxygens (including phenoxy) is 1. The number of piperidine rings is 1. The summed E-state index contributed by atoms with van der Waals surface area (Å²) in [4.78, 5) is 0. The van der Waals surface area contributed by atoms with Crippen molar-refractivity contribution in [3.05, 3.63) is 29.3 Å². The third-order valence-electron chi connectivity index (χ3n) is 4.63. The maximum absolute atomic E-state index is 5.57. The average molecular weight is 261 g/mol. The minimum Gasteiger partial charge on any atom is -0.496 e. The van der Waals surface area contributed by atoms with E-state index in [0.717, 1.165) is 25.3 Å². The van der Waals surface area contributed by atoms with Crippen LogP contribution in [0.25, 0.3) is 0 Å². The quantitative estimate of drug-likeness (QED) is 0.889. The molecule has 1 aromatic carbocycles. The molecule has 1 N–H and O–H groups in total. The zero-order chi connectivity index (χ0) is 13.9. The van der Waals surface area contributed by atoms with Crippen molar-refractivity contribution >= 4 is 0 Å². The molecule has 1 heterocycles. The lowest BCUT2D eigenvalue weighted by atomic mass is 9.79. The van der Waals surface area contributed by atoms with Gasteiger partial charge < -0.3 is 10.1 Å². The molecular weight excluding hydrogens is 234 g/mol. The molecule has 2 nitrogen and oxygen atoms in total. The molecule has 0 saturated carbocycles. The Morgan fingerprint density at radius 1 is 1.37 bits per heavy atom. The van der Waals surface area contributed by atoms with E-state index in [1.807, 2.05) is 0 Å². The van der Waals surface area contributed by atoms with E-state index in [9.17, 15) is 0 Å².